The van der Waals surface area contributed by atoms with Crippen molar-refractivity contribution in [3.63, 3.8) is 0 Å². The van der Waals surface area contributed by atoms with Crippen LogP contribution in [0.25, 0.3) is 0 Å². The smallest absolute Gasteiger partial charge is 0.358 e. The van der Waals surface area contributed by atoms with Gasteiger partial charge in [0.05, 0.1) is 0 Å². The minimum atomic E-state index is 0. The first kappa shape index (κ1) is 20.6. The Hall–Kier alpha value is 0.259. The molecule has 0 saturated heterocycles. The van der Waals surface area contributed by atoms with E-state index in [1.807, 2.05) is 0 Å². The van der Waals surface area contributed by atoms with Crippen molar-refractivity contribution in [3.05, 3.63) is 27.5 Å². The molecule has 0 spiro atoms. The Balaban J connectivity index is -0.000000165. The molecule has 0 aliphatic heterocycles. The van der Waals surface area contributed by atoms with Gasteiger partial charge in [0.15, 0.2) is 0 Å². The second-order valence-electron chi connectivity index (χ2n) is 4.05. The second kappa shape index (κ2) is 14.3. The molecular formula is C14H28Fe. The van der Waals surface area contributed by atoms with Gasteiger partial charge in [0.1, 0.15) is 0 Å². The fraction of sp³-hybridized carbons (Fsp3) is 0.714. The number of allylic oxidation sites excluding steroid dienone is 1. The number of hydrogen-bond donors (Lipinski definition) is 0. The van der Waals surface area contributed by atoms with Crippen molar-refractivity contribution in [2.45, 2.75) is 57.8 Å². The summed E-state index contributed by atoms with van der Waals surface area (Å²) in [6.07, 6.45) is 15.2. The van der Waals surface area contributed by atoms with Gasteiger partial charge in [-0.3, -0.25) is 0 Å². The monoisotopic (exact) mass is 252 g/mol. The summed E-state index contributed by atoms with van der Waals surface area (Å²) in [7, 11) is 0. The van der Waals surface area contributed by atoms with Crippen LogP contribution >= 0.6 is 0 Å². The van der Waals surface area contributed by atoms with Gasteiger partial charge in [-0.2, -0.15) is 0 Å². The molecule has 0 bridgehead atoms. The molecule has 0 amide bonds. The summed E-state index contributed by atoms with van der Waals surface area (Å²) >= 11 is 0. The molecule has 0 aromatic rings. The van der Waals surface area contributed by atoms with Crippen molar-refractivity contribution in [2.75, 3.05) is 0 Å². The number of rotatable bonds is 1. The van der Waals surface area contributed by atoms with Crippen LogP contribution in [-0.2, 0) is 17.1 Å². The maximum Gasteiger partial charge on any atom is 2.00 e. The molecular weight excluding hydrogens is 224 g/mol. The van der Waals surface area contributed by atoms with Gasteiger partial charge in [0.2, 0.25) is 0 Å². The third-order valence-corrected chi connectivity index (χ3v) is 2.98. The first-order chi connectivity index (χ1) is 5.93. The molecule has 92 valence electrons. The Kier molecular flexibility index (Phi) is 19.6. The molecule has 1 heteroatoms. The van der Waals surface area contributed by atoms with E-state index in [2.05, 4.69) is 12.7 Å². The van der Waals surface area contributed by atoms with Crippen molar-refractivity contribution < 1.29 is 17.1 Å². The van der Waals surface area contributed by atoms with Crippen LogP contribution in [0.1, 0.15) is 57.8 Å². The van der Waals surface area contributed by atoms with Gasteiger partial charge < -0.3 is 14.9 Å². The largest absolute Gasteiger partial charge is 2.00 e. The van der Waals surface area contributed by atoms with Crippen LogP contribution in [0.2, 0.25) is 0 Å². The fourth-order valence-electron chi connectivity index (χ4n) is 2.08. The molecule has 2 aliphatic carbocycles. The molecule has 0 aromatic heterocycles. The van der Waals surface area contributed by atoms with Crippen LogP contribution in [0.4, 0.5) is 0 Å². The summed E-state index contributed by atoms with van der Waals surface area (Å²) in [6.45, 7) is 3.74. The van der Waals surface area contributed by atoms with E-state index in [0.717, 1.165) is 5.92 Å². The Labute approximate surface area is 108 Å². The van der Waals surface area contributed by atoms with Crippen LogP contribution in [-0.4, -0.2) is 0 Å². The van der Waals surface area contributed by atoms with Crippen LogP contribution in [0.3, 0.4) is 0 Å². The first-order valence-electron chi connectivity index (χ1n) is 5.56. The molecule has 0 heterocycles. The molecule has 15 heavy (non-hydrogen) atoms. The first-order valence-corrected chi connectivity index (χ1v) is 5.56. The minimum absolute atomic E-state index is 0. The molecule has 0 nitrogen and oxygen atoms in total. The van der Waals surface area contributed by atoms with E-state index in [1.54, 1.807) is 0 Å². The Morgan fingerprint density at radius 3 is 1.27 bits per heavy atom. The third-order valence-electron chi connectivity index (χ3n) is 2.98. The van der Waals surface area contributed by atoms with E-state index < -0.39 is 0 Å². The number of hydrogen-bond acceptors (Lipinski definition) is 0. The summed E-state index contributed by atoms with van der Waals surface area (Å²) < 4.78 is 0. The average Bonchev–Trinajstić information content (AvgIpc) is 2.81. The minimum Gasteiger partial charge on any atom is -0.358 e. The Bertz CT molecular complexity index is 103. The molecule has 2 saturated carbocycles. The van der Waals surface area contributed by atoms with Gasteiger partial charge in [0.25, 0.3) is 0 Å². The van der Waals surface area contributed by atoms with Crippen LogP contribution in [0.15, 0.2) is 12.7 Å². The van der Waals surface area contributed by atoms with Crippen LogP contribution in [0.5, 0.6) is 0 Å². The van der Waals surface area contributed by atoms with E-state index in [4.69, 9.17) is 0 Å². The average molecular weight is 252 g/mol. The van der Waals surface area contributed by atoms with Gasteiger partial charge in [-0.25, -0.2) is 0 Å². The van der Waals surface area contributed by atoms with Gasteiger partial charge in [-0.1, -0.05) is 51.0 Å². The summed E-state index contributed by atoms with van der Waals surface area (Å²) in [5.41, 5.74) is 0. The standard InChI is InChI=1S/C7H12.C5H10.2CH3.Fe/c1-2-7-5-3-4-6-7;1-2-4-5-3-1;;;/h2,7H,1,3-6H2;1-5H2;2*1H3;/q;;2*-1;+2. The van der Waals surface area contributed by atoms with Gasteiger partial charge in [-0.05, 0) is 18.8 Å². The van der Waals surface area contributed by atoms with Crippen molar-refractivity contribution in [2.24, 2.45) is 5.92 Å². The summed E-state index contributed by atoms with van der Waals surface area (Å²) in [4.78, 5) is 0. The Morgan fingerprint density at radius 2 is 1.07 bits per heavy atom. The summed E-state index contributed by atoms with van der Waals surface area (Å²) in [5, 5.41) is 0. The normalized spacial score (nSPS) is 18.7. The van der Waals surface area contributed by atoms with Crippen molar-refractivity contribution >= 4 is 0 Å². The van der Waals surface area contributed by atoms with Gasteiger partial charge >= 0.3 is 17.1 Å². The van der Waals surface area contributed by atoms with E-state index in [0.29, 0.717) is 0 Å². The second-order valence-corrected chi connectivity index (χ2v) is 4.05. The molecule has 0 N–H and O–H groups in total. The van der Waals surface area contributed by atoms with E-state index >= 15 is 0 Å². The van der Waals surface area contributed by atoms with Crippen LogP contribution < -0.4 is 0 Å². The SMILES string of the molecule is C1CCCC1.C=CC1CCCC1.[CH3-].[CH3-].[Fe+2]. The summed E-state index contributed by atoms with van der Waals surface area (Å²) in [5.74, 6) is 0.861. The van der Waals surface area contributed by atoms with E-state index in [1.165, 1.54) is 57.8 Å². The fourth-order valence-corrected chi connectivity index (χ4v) is 2.08. The quantitative estimate of drug-likeness (QED) is 0.341. The van der Waals surface area contributed by atoms with Gasteiger partial charge in [0, 0.05) is 0 Å². The molecule has 0 radical (unpaired) electrons. The molecule has 2 fully saturated rings. The van der Waals surface area contributed by atoms with Crippen molar-refractivity contribution in [1.29, 1.82) is 0 Å². The topological polar surface area (TPSA) is 0 Å². The van der Waals surface area contributed by atoms with E-state index in [-0.39, 0.29) is 31.9 Å². The molecule has 0 aromatic carbocycles. The predicted octanol–water partition coefficient (Wildman–Crippen LogP) is 5.21. The zero-order valence-corrected chi connectivity index (χ0v) is 11.7. The molecule has 0 atom stereocenters. The maximum absolute atomic E-state index is 3.74. The predicted molar refractivity (Wildman–Crippen MR) is 68.1 cm³/mol. The Morgan fingerprint density at radius 1 is 0.733 bits per heavy atom. The van der Waals surface area contributed by atoms with Crippen molar-refractivity contribution in [1.82, 2.24) is 0 Å². The third kappa shape index (κ3) is 10.5. The van der Waals surface area contributed by atoms with E-state index in [9.17, 15) is 0 Å². The summed E-state index contributed by atoms with van der Waals surface area (Å²) in [6, 6.07) is 0. The van der Waals surface area contributed by atoms with Gasteiger partial charge in [-0.15, -0.1) is 6.58 Å². The molecule has 2 rings (SSSR count). The zero-order valence-electron chi connectivity index (χ0n) is 10.6. The van der Waals surface area contributed by atoms with Crippen molar-refractivity contribution in [3.8, 4) is 0 Å². The molecule has 2 aliphatic rings. The van der Waals surface area contributed by atoms with Crippen LogP contribution in [0, 0.1) is 20.8 Å². The molecule has 0 unspecified atom stereocenters. The maximum atomic E-state index is 3.74. The zero-order chi connectivity index (χ0) is 8.65.